The molecular formula is C13H15ClO3. The summed E-state index contributed by atoms with van der Waals surface area (Å²) < 4.78 is 4.94. The van der Waals surface area contributed by atoms with Gasteiger partial charge in [-0.1, -0.05) is 17.7 Å². The predicted octanol–water partition coefficient (Wildman–Crippen LogP) is 3.04. The number of halogens is 1. The molecule has 4 heteroatoms. The molecule has 0 radical (unpaired) electrons. The van der Waals surface area contributed by atoms with Crippen LogP contribution in [0.5, 0.6) is 0 Å². The average Bonchev–Trinajstić information content (AvgIpc) is 2.28. The molecule has 1 aromatic rings. The predicted molar refractivity (Wildman–Crippen MR) is 66.4 cm³/mol. The number of hydrogen-bond acceptors (Lipinski definition) is 3. The summed E-state index contributed by atoms with van der Waals surface area (Å²) in [5.41, 5.74) is 1.79. The molecule has 0 aromatic heterocycles. The topological polar surface area (TPSA) is 43.4 Å². The van der Waals surface area contributed by atoms with Crippen LogP contribution in [0.2, 0.25) is 0 Å². The summed E-state index contributed by atoms with van der Waals surface area (Å²) in [6.45, 7) is 5.28. The fraction of sp³-hybridized carbons (Fsp3) is 0.385. The number of carbonyl (C=O) groups is 2. The summed E-state index contributed by atoms with van der Waals surface area (Å²) in [5, 5.41) is -0.810. The summed E-state index contributed by atoms with van der Waals surface area (Å²) in [6.07, 6.45) is 0. The van der Waals surface area contributed by atoms with E-state index in [9.17, 15) is 9.59 Å². The lowest BCUT2D eigenvalue weighted by Crippen LogP contribution is -2.12. The number of esters is 1. The first-order chi connectivity index (χ1) is 7.97. The van der Waals surface area contributed by atoms with Gasteiger partial charge in [0, 0.05) is 0 Å². The highest BCUT2D eigenvalue weighted by Crippen LogP contribution is 2.26. The first-order valence-electron chi connectivity index (χ1n) is 5.39. The Morgan fingerprint density at radius 3 is 2.59 bits per heavy atom. The number of rotatable bonds is 4. The molecule has 17 heavy (non-hydrogen) atoms. The van der Waals surface area contributed by atoms with Gasteiger partial charge in [-0.2, -0.15) is 0 Å². The van der Waals surface area contributed by atoms with Crippen molar-refractivity contribution >= 4 is 23.4 Å². The van der Waals surface area contributed by atoms with Crippen molar-refractivity contribution in [3.63, 3.8) is 0 Å². The SMILES string of the molecule is CCOC(=O)c1cc(C)ccc1C(Cl)C(C)=O. The molecule has 0 bridgehead atoms. The smallest absolute Gasteiger partial charge is 0.338 e. The van der Waals surface area contributed by atoms with Gasteiger partial charge in [0.15, 0.2) is 5.78 Å². The van der Waals surface area contributed by atoms with Crippen LogP contribution in [-0.4, -0.2) is 18.4 Å². The molecule has 0 aliphatic heterocycles. The summed E-state index contributed by atoms with van der Waals surface area (Å²) >= 11 is 5.99. The molecule has 92 valence electrons. The van der Waals surface area contributed by atoms with Crippen molar-refractivity contribution in [3.8, 4) is 0 Å². The Morgan fingerprint density at radius 1 is 1.41 bits per heavy atom. The van der Waals surface area contributed by atoms with E-state index in [1.807, 2.05) is 13.0 Å². The van der Waals surface area contributed by atoms with Crippen LogP contribution in [0.1, 0.15) is 40.7 Å². The molecule has 0 heterocycles. The van der Waals surface area contributed by atoms with Crippen LogP contribution in [0, 0.1) is 6.92 Å². The van der Waals surface area contributed by atoms with Gasteiger partial charge in [0.25, 0.3) is 0 Å². The number of carbonyl (C=O) groups excluding carboxylic acids is 2. The van der Waals surface area contributed by atoms with E-state index >= 15 is 0 Å². The monoisotopic (exact) mass is 254 g/mol. The molecular weight excluding hydrogens is 240 g/mol. The van der Waals surface area contributed by atoms with Crippen LogP contribution in [0.25, 0.3) is 0 Å². The fourth-order valence-corrected chi connectivity index (χ4v) is 1.69. The highest BCUT2D eigenvalue weighted by molar-refractivity contribution is 6.31. The standard InChI is InChI=1S/C13H15ClO3/c1-4-17-13(16)11-7-8(2)5-6-10(11)12(14)9(3)15/h5-7,12H,4H2,1-3H3. The summed E-state index contributed by atoms with van der Waals surface area (Å²) in [4.78, 5) is 23.0. The molecule has 0 aliphatic rings. The van der Waals surface area contributed by atoms with E-state index in [0.717, 1.165) is 5.56 Å². The summed E-state index contributed by atoms with van der Waals surface area (Å²) in [6, 6.07) is 5.20. The lowest BCUT2D eigenvalue weighted by Gasteiger charge is -2.12. The molecule has 0 amide bonds. The molecule has 1 atom stereocenters. The minimum Gasteiger partial charge on any atom is -0.462 e. The maximum Gasteiger partial charge on any atom is 0.338 e. The van der Waals surface area contributed by atoms with E-state index in [2.05, 4.69) is 0 Å². The van der Waals surface area contributed by atoms with Crippen LogP contribution in [0.3, 0.4) is 0 Å². The largest absolute Gasteiger partial charge is 0.462 e. The normalized spacial score (nSPS) is 12.0. The number of Topliss-reactive ketones (excluding diaryl/α,β-unsaturated/α-hetero) is 1. The molecule has 1 unspecified atom stereocenters. The van der Waals surface area contributed by atoms with E-state index in [4.69, 9.17) is 16.3 Å². The van der Waals surface area contributed by atoms with Crippen molar-refractivity contribution in [1.82, 2.24) is 0 Å². The molecule has 0 saturated carbocycles. The second-order valence-electron chi connectivity index (χ2n) is 3.78. The Balaban J connectivity index is 3.21. The van der Waals surface area contributed by atoms with E-state index in [0.29, 0.717) is 17.7 Å². The first-order valence-corrected chi connectivity index (χ1v) is 5.83. The third kappa shape index (κ3) is 3.30. The van der Waals surface area contributed by atoms with Crippen molar-refractivity contribution in [2.45, 2.75) is 26.1 Å². The van der Waals surface area contributed by atoms with Crippen molar-refractivity contribution < 1.29 is 14.3 Å². The Hall–Kier alpha value is -1.35. The van der Waals surface area contributed by atoms with Crippen LogP contribution in [0.4, 0.5) is 0 Å². The maximum atomic E-state index is 11.8. The highest BCUT2D eigenvalue weighted by atomic mass is 35.5. The second kappa shape index (κ2) is 5.82. The number of alkyl halides is 1. The Bertz CT molecular complexity index is 440. The molecule has 1 aromatic carbocycles. The van der Waals surface area contributed by atoms with Gasteiger partial charge in [-0.3, -0.25) is 4.79 Å². The summed E-state index contributed by atoms with van der Waals surface area (Å²) in [5.74, 6) is -0.640. The Labute approximate surface area is 106 Å². The van der Waals surface area contributed by atoms with E-state index in [1.165, 1.54) is 6.92 Å². The lowest BCUT2D eigenvalue weighted by atomic mass is 10.00. The van der Waals surface area contributed by atoms with E-state index in [-0.39, 0.29) is 5.78 Å². The number of aryl methyl sites for hydroxylation is 1. The Kier molecular flexibility index (Phi) is 4.70. The first kappa shape index (κ1) is 13.7. The highest BCUT2D eigenvalue weighted by Gasteiger charge is 2.21. The van der Waals surface area contributed by atoms with Crippen molar-refractivity contribution in [2.24, 2.45) is 0 Å². The van der Waals surface area contributed by atoms with Gasteiger partial charge in [-0.15, -0.1) is 11.6 Å². The van der Waals surface area contributed by atoms with E-state index < -0.39 is 11.3 Å². The molecule has 3 nitrogen and oxygen atoms in total. The lowest BCUT2D eigenvalue weighted by molar-refractivity contribution is -0.116. The number of hydrogen-bond donors (Lipinski definition) is 0. The molecule has 0 spiro atoms. The van der Waals surface area contributed by atoms with Gasteiger partial charge in [-0.05, 0) is 32.4 Å². The van der Waals surface area contributed by atoms with Crippen molar-refractivity contribution in [2.75, 3.05) is 6.61 Å². The molecule has 0 saturated heterocycles. The van der Waals surface area contributed by atoms with Gasteiger partial charge in [-0.25, -0.2) is 4.79 Å². The van der Waals surface area contributed by atoms with Gasteiger partial charge in [0.1, 0.15) is 5.38 Å². The van der Waals surface area contributed by atoms with Crippen molar-refractivity contribution in [3.05, 3.63) is 34.9 Å². The third-order valence-electron chi connectivity index (χ3n) is 2.33. The molecule has 0 N–H and O–H groups in total. The number of ketones is 1. The van der Waals surface area contributed by atoms with Crippen LogP contribution in [0.15, 0.2) is 18.2 Å². The number of ether oxygens (including phenoxy) is 1. The molecule has 0 aliphatic carbocycles. The average molecular weight is 255 g/mol. The van der Waals surface area contributed by atoms with Crippen LogP contribution >= 0.6 is 11.6 Å². The number of benzene rings is 1. The molecule has 0 fully saturated rings. The van der Waals surface area contributed by atoms with Crippen molar-refractivity contribution in [1.29, 1.82) is 0 Å². The van der Waals surface area contributed by atoms with Crippen LogP contribution < -0.4 is 0 Å². The second-order valence-corrected chi connectivity index (χ2v) is 4.22. The molecule has 1 rings (SSSR count). The third-order valence-corrected chi connectivity index (χ3v) is 2.88. The Morgan fingerprint density at radius 2 is 2.06 bits per heavy atom. The quantitative estimate of drug-likeness (QED) is 0.613. The zero-order chi connectivity index (χ0) is 13.0. The minimum absolute atomic E-state index is 0.193. The summed E-state index contributed by atoms with van der Waals surface area (Å²) in [7, 11) is 0. The fourth-order valence-electron chi connectivity index (χ4n) is 1.50. The zero-order valence-corrected chi connectivity index (χ0v) is 10.9. The van der Waals surface area contributed by atoms with E-state index in [1.54, 1.807) is 19.1 Å². The van der Waals surface area contributed by atoms with Gasteiger partial charge in [0.2, 0.25) is 0 Å². The van der Waals surface area contributed by atoms with Gasteiger partial charge < -0.3 is 4.74 Å². The minimum atomic E-state index is -0.810. The van der Waals surface area contributed by atoms with Crippen LogP contribution in [-0.2, 0) is 9.53 Å². The zero-order valence-electron chi connectivity index (χ0n) is 10.1. The van der Waals surface area contributed by atoms with Gasteiger partial charge >= 0.3 is 5.97 Å². The van der Waals surface area contributed by atoms with Gasteiger partial charge in [0.05, 0.1) is 12.2 Å². The maximum absolute atomic E-state index is 11.8.